The van der Waals surface area contributed by atoms with Crippen LogP contribution < -0.4 is 4.74 Å². The Labute approximate surface area is 89.7 Å². The molecule has 0 saturated heterocycles. The Bertz CT molecular complexity index is 522. The Balaban J connectivity index is 2.64. The van der Waals surface area contributed by atoms with Crippen LogP contribution in [0.2, 0.25) is 0 Å². The van der Waals surface area contributed by atoms with Gasteiger partial charge in [0.05, 0.1) is 18.2 Å². The molecule has 1 aromatic carbocycles. The zero-order valence-corrected chi connectivity index (χ0v) is 8.38. The fraction of sp³-hybridized carbons (Fsp3) is 0.182. The van der Waals surface area contributed by atoms with Gasteiger partial charge in [0.25, 0.3) is 0 Å². The summed E-state index contributed by atoms with van der Waals surface area (Å²) >= 11 is 0. The van der Waals surface area contributed by atoms with E-state index in [1.165, 1.54) is 19.4 Å². The van der Waals surface area contributed by atoms with Crippen molar-refractivity contribution in [1.82, 2.24) is 4.98 Å². The van der Waals surface area contributed by atoms with Crippen LogP contribution in [0.25, 0.3) is 10.9 Å². The van der Waals surface area contributed by atoms with E-state index < -0.39 is 11.7 Å². The molecule has 0 unspecified atom stereocenters. The molecule has 0 N–H and O–H groups in total. The fourth-order valence-electron chi connectivity index (χ4n) is 1.48. The summed E-state index contributed by atoms with van der Waals surface area (Å²) in [6.07, 6.45) is -2.93. The van der Waals surface area contributed by atoms with E-state index in [0.29, 0.717) is 11.1 Å². The summed E-state index contributed by atoms with van der Waals surface area (Å²) in [6.45, 7) is 0. The highest BCUT2D eigenvalue weighted by molar-refractivity contribution is 5.85. The van der Waals surface area contributed by atoms with E-state index in [9.17, 15) is 13.2 Å². The van der Waals surface area contributed by atoms with Crippen LogP contribution in [0.15, 0.2) is 30.5 Å². The van der Waals surface area contributed by atoms with Gasteiger partial charge in [-0.3, -0.25) is 4.98 Å². The number of nitrogens with zero attached hydrogens (tertiary/aromatic N) is 1. The number of fused-ring (bicyclic) bond motifs is 1. The van der Waals surface area contributed by atoms with Gasteiger partial charge < -0.3 is 4.74 Å². The largest absolute Gasteiger partial charge is 0.496 e. The quantitative estimate of drug-likeness (QED) is 0.745. The number of halogens is 3. The molecule has 0 aliphatic carbocycles. The predicted molar refractivity (Wildman–Crippen MR) is 53.3 cm³/mol. The van der Waals surface area contributed by atoms with Gasteiger partial charge in [0, 0.05) is 11.6 Å². The third-order valence-corrected chi connectivity index (χ3v) is 2.25. The molecule has 2 rings (SSSR count). The number of aromatic nitrogens is 1. The first kappa shape index (κ1) is 10.7. The highest BCUT2D eigenvalue weighted by atomic mass is 19.4. The number of methoxy groups -OCH3 is 1. The normalized spacial score (nSPS) is 11.8. The first-order valence-corrected chi connectivity index (χ1v) is 4.52. The Morgan fingerprint density at radius 2 is 1.94 bits per heavy atom. The number of pyridine rings is 1. The second-order valence-corrected chi connectivity index (χ2v) is 3.24. The van der Waals surface area contributed by atoms with Gasteiger partial charge in [-0.1, -0.05) is 0 Å². The van der Waals surface area contributed by atoms with Crippen LogP contribution in [0.5, 0.6) is 5.75 Å². The molecule has 0 amide bonds. The molecule has 0 fully saturated rings. The number of hydrogen-bond acceptors (Lipinski definition) is 2. The smallest absolute Gasteiger partial charge is 0.416 e. The lowest BCUT2D eigenvalue weighted by molar-refractivity contribution is -0.137. The minimum absolute atomic E-state index is 0.272. The average molecular weight is 227 g/mol. The number of ether oxygens (including phenoxy) is 1. The monoisotopic (exact) mass is 227 g/mol. The van der Waals surface area contributed by atoms with Crippen LogP contribution in [-0.4, -0.2) is 12.1 Å². The van der Waals surface area contributed by atoms with Gasteiger partial charge in [-0.05, 0) is 24.3 Å². The highest BCUT2D eigenvalue weighted by Gasteiger charge is 2.30. The standard InChI is InChI=1S/C11H8F3NO/c1-16-10-4-5-15-9-6-7(11(12,13)14)2-3-8(9)10/h2-6H,1H3. The summed E-state index contributed by atoms with van der Waals surface area (Å²) in [7, 11) is 1.46. The van der Waals surface area contributed by atoms with Gasteiger partial charge >= 0.3 is 6.18 Å². The van der Waals surface area contributed by atoms with Crippen molar-refractivity contribution in [1.29, 1.82) is 0 Å². The summed E-state index contributed by atoms with van der Waals surface area (Å²) in [5.41, 5.74) is -0.435. The van der Waals surface area contributed by atoms with E-state index in [0.717, 1.165) is 12.1 Å². The molecule has 0 aliphatic heterocycles. The maximum atomic E-state index is 12.4. The molecule has 0 radical (unpaired) electrons. The van der Waals surface area contributed by atoms with Gasteiger partial charge in [0.2, 0.25) is 0 Å². The lowest BCUT2D eigenvalue weighted by Crippen LogP contribution is -2.04. The molecule has 84 valence electrons. The van der Waals surface area contributed by atoms with Crippen LogP contribution in [0.1, 0.15) is 5.56 Å². The van der Waals surface area contributed by atoms with Gasteiger partial charge in [0.15, 0.2) is 0 Å². The fourth-order valence-corrected chi connectivity index (χ4v) is 1.48. The summed E-state index contributed by atoms with van der Waals surface area (Å²) in [5.74, 6) is 0.513. The molecule has 16 heavy (non-hydrogen) atoms. The third kappa shape index (κ3) is 1.80. The minimum Gasteiger partial charge on any atom is -0.496 e. The molecule has 1 aromatic heterocycles. The second kappa shape index (κ2) is 3.66. The lowest BCUT2D eigenvalue weighted by Gasteiger charge is -2.09. The van der Waals surface area contributed by atoms with Crippen molar-refractivity contribution in [3.63, 3.8) is 0 Å². The van der Waals surface area contributed by atoms with Crippen molar-refractivity contribution < 1.29 is 17.9 Å². The Morgan fingerprint density at radius 3 is 2.56 bits per heavy atom. The molecular weight excluding hydrogens is 219 g/mol. The minimum atomic E-state index is -4.35. The molecule has 5 heteroatoms. The second-order valence-electron chi connectivity index (χ2n) is 3.24. The number of benzene rings is 1. The van der Waals surface area contributed by atoms with Gasteiger partial charge in [-0.25, -0.2) is 0 Å². The first-order chi connectivity index (χ1) is 7.52. The van der Waals surface area contributed by atoms with E-state index in [4.69, 9.17) is 4.74 Å². The Morgan fingerprint density at radius 1 is 1.19 bits per heavy atom. The summed E-state index contributed by atoms with van der Waals surface area (Å²) in [4.78, 5) is 3.88. The summed E-state index contributed by atoms with van der Waals surface area (Å²) < 4.78 is 42.3. The van der Waals surface area contributed by atoms with Crippen molar-refractivity contribution in [2.45, 2.75) is 6.18 Å². The zero-order valence-electron chi connectivity index (χ0n) is 8.38. The molecule has 2 nitrogen and oxygen atoms in total. The lowest BCUT2D eigenvalue weighted by atomic mass is 10.1. The Hall–Kier alpha value is -1.78. The molecule has 0 atom stereocenters. The van der Waals surface area contributed by atoms with Crippen LogP contribution in [0.4, 0.5) is 13.2 Å². The first-order valence-electron chi connectivity index (χ1n) is 4.52. The topological polar surface area (TPSA) is 22.1 Å². The molecule has 0 aliphatic rings. The molecule has 2 aromatic rings. The van der Waals surface area contributed by atoms with Gasteiger partial charge in [0.1, 0.15) is 5.75 Å². The maximum Gasteiger partial charge on any atom is 0.416 e. The number of alkyl halides is 3. The molecule has 0 saturated carbocycles. The van der Waals surface area contributed by atoms with E-state index in [-0.39, 0.29) is 5.52 Å². The molecule has 0 spiro atoms. The SMILES string of the molecule is COc1ccnc2cc(C(F)(F)F)ccc12. The van der Waals surface area contributed by atoms with Crippen LogP contribution in [0, 0.1) is 0 Å². The highest BCUT2D eigenvalue weighted by Crippen LogP contribution is 2.32. The molecule has 1 heterocycles. The van der Waals surface area contributed by atoms with Crippen molar-refractivity contribution in [3.05, 3.63) is 36.0 Å². The van der Waals surface area contributed by atoms with Crippen LogP contribution in [0.3, 0.4) is 0 Å². The Kier molecular flexibility index (Phi) is 2.46. The van der Waals surface area contributed by atoms with E-state index in [1.54, 1.807) is 6.07 Å². The third-order valence-electron chi connectivity index (χ3n) is 2.25. The van der Waals surface area contributed by atoms with Crippen LogP contribution in [-0.2, 0) is 6.18 Å². The number of hydrogen-bond donors (Lipinski definition) is 0. The van der Waals surface area contributed by atoms with Gasteiger partial charge in [-0.2, -0.15) is 13.2 Å². The maximum absolute atomic E-state index is 12.4. The predicted octanol–water partition coefficient (Wildman–Crippen LogP) is 3.26. The molecule has 0 bridgehead atoms. The van der Waals surface area contributed by atoms with Crippen molar-refractivity contribution >= 4 is 10.9 Å². The average Bonchev–Trinajstić information content (AvgIpc) is 2.26. The summed E-state index contributed by atoms with van der Waals surface area (Å²) in [5, 5.41) is 0.568. The van der Waals surface area contributed by atoms with Gasteiger partial charge in [-0.15, -0.1) is 0 Å². The van der Waals surface area contributed by atoms with Crippen molar-refractivity contribution in [2.24, 2.45) is 0 Å². The summed E-state index contributed by atoms with van der Waals surface area (Å²) in [6, 6.07) is 5.00. The zero-order chi connectivity index (χ0) is 11.8. The van der Waals surface area contributed by atoms with E-state index in [1.807, 2.05) is 0 Å². The van der Waals surface area contributed by atoms with Crippen molar-refractivity contribution in [3.8, 4) is 5.75 Å². The number of rotatable bonds is 1. The van der Waals surface area contributed by atoms with E-state index >= 15 is 0 Å². The molecular formula is C11H8F3NO. The van der Waals surface area contributed by atoms with Crippen molar-refractivity contribution in [2.75, 3.05) is 7.11 Å². The van der Waals surface area contributed by atoms with Crippen LogP contribution >= 0.6 is 0 Å². The van der Waals surface area contributed by atoms with E-state index in [2.05, 4.69) is 4.98 Å².